The number of benzene rings is 1. The van der Waals surface area contributed by atoms with Crippen LogP contribution in [0, 0.1) is 0 Å². The molecular weight excluding hydrogens is 250 g/mol. The molecule has 0 spiro atoms. The monoisotopic (exact) mass is 267 g/mol. The minimum absolute atomic E-state index is 0.101. The summed E-state index contributed by atoms with van der Waals surface area (Å²) in [5.74, 6) is -1.03. The molecule has 0 saturated carbocycles. The quantitative estimate of drug-likeness (QED) is 0.481. The van der Waals surface area contributed by atoms with Crippen molar-refractivity contribution in [3.05, 3.63) is 29.8 Å². The van der Waals surface area contributed by atoms with Crippen molar-refractivity contribution in [2.24, 2.45) is 5.73 Å². The summed E-state index contributed by atoms with van der Waals surface area (Å²) >= 11 is 0. The van der Waals surface area contributed by atoms with Gasteiger partial charge in [-0.05, 0) is 17.7 Å². The molecule has 0 fully saturated rings. The average Bonchev–Trinajstić information content (AvgIpc) is 2.38. The number of phenolic OH excluding ortho intramolecular Hbond substituents is 1. The number of nitrogens with two attached hydrogens (primary N) is 1. The number of urea groups is 1. The first-order chi connectivity index (χ1) is 9.02. The molecule has 0 aliphatic heterocycles. The van der Waals surface area contributed by atoms with E-state index in [0.717, 1.165) is 0 Å². The number of carbonyl (C=O) groups is 2. The number of aliphatic carboxylic acids is 1. The first-order valence-corrected chi connectivity index (χ1v) is 5.78. The third-order valence-corrected chi connectivity index (χ3v) is 2.41. The smallest absolute Gasteiger partial charge is 0.326 e. The molecule has 6 N–H and O–H groups in total. The highest BCUT2D eigenvalue weighted by Crippen LogP contribution is 2.11. The Balaban J connectivity index is 2.60. The zero-order chi connectivity index (χ0) is 14.3. The molecule has 0 aromatic heterocycles. The topological polar surface area (TPSA) is 125 Å². The minimum atomic E-state index is -1.13. The third-order valence-electron chi connectivity index (χ3n) is 2.41. The molecule has 0 aliphatic rings. The molecule has 19 heavy (non-hydrogen) atoms. The molecule has 1 rings (SSSR count). The summed E-state index contributed by atoms with van der Waals surface area (Å²) < 4.78 is 0. The van der Waals surface area contributed by atoms with Crippen molar-refractivity contribution < 1.29 is 19.8 Å². The Hall–Kier alpha value is -2.28. The van der Waals surface area contributed by atoms with Crippen LogP contribution in [0.25, 0.3) is 0 Å². The second kappa shape index (κ2) is 7.22. The van der Waals surface area contributed by atoms with Crippen molar-refractivity contribution in [2.45, 2.75) is 12.5 Å². The number of carboxylic acids is 1. The molecule has 0 radical (unpaired) electrons. The van der Waals surface area contributed by atoms with Gasteiger partial charge < -0.3 is 26.6 Å². The highest BCUT2D eigenvalue weighted by atomic mass is 16.4. The second-order valence-electron chi connectivity index (χ2n) is 3.95. The first kappa shape index (κ1) is 14.8. The molecule has 1 atom stereocenters. The third kappa shape index (κ3) is 5.26. The molecule has 1 aromatic rings. The van der Waals surface area contributed by atoms with E-state index in [1.54, 1.807) is 12.1 Å². The number of aromatic hydroxyl groups is 1. The van der Waals surface area contributed by atoms with Crippen molar-refractivity contribution in [1.82, 2.24) is 10.6 Å². The van der Waals surface area contributed by atoms with Crippen molar-refractivity contribution in [3.8, 4) is 5.75 Å². The van der Waals surface area contributed by atoms with Crippen LogP contribution in [0.4, 0.5) is 4.79 Å². The summed E-state index contributed by atoms with van der Waals surface area (Å²) in [6.07, 6.45) is 0.131. The number of hydrogen-bond acceptors (Lipinski definition) is 4. The largest absolute Gasteiger partial charge is 0.508 e. The van der Waals surface area contributed by atoms with Gasteiger partial charge in [0.15, 0.2) is 0 Å². The van der Waals surface area contributed by atoms with Gasteiger partial charge in [0, 0.05) is 19.5 Å². The van der Waals surface area contributed by atoms with Gasteiger partial charge in [0.05, 0.1) is 0 Å². The Morgan fingerprint density at radius 2 is 1.89 bits per heavy atom. The maximum Gasteiger partial charge on any atom is 0.326 e. The number of carbonyl (C=O) groups excluding carboxylic acids is 1. The lowest BCUT2D eigenvalue weighted by Gasteiger charge is -2.15. The number of nitrogens with one attached hydrogen (secondary N) is 2. The lowest BCUT2D eigenvalue weighted by Crippen LogP contribution is -2.48. The lowest BCUT2D eigenvalue weighted by atomic mass is 10.1. The van der Waals surface area contributed by atoms with Crippen LogP contribution in [0.2, 0.25) is 0 Å². The predicted molar refractivity (Wildman–Crippen MR) is 68.8 cm³/mol. The number of rotatable bonds is 6. The van der Waals surface area contributed by atoms with Crippen LogP contribution in [0.15, 0.2) is 24.3 Å². The van der Waals surface area contributed by atoms with Gasteiger partial charge in [0.2, 0.25) is 0 Å². The van der Waals surface area contributed by atoms with E-state index in [0.29, 0.717) is 5.56 Å². The predicted octanol–water partition coefficient (Wildman–Crippen LogP) is -0.354. The second-order valence-corrected chi connectivity index (χ2v) is 3.95. The van der Waals surface area contributed by atoms with Crippen molar-refractivity contribution in [2.75, 3.05) is 13.1 Å². The zero-order valence-corrected chi connectivity index (χ0v) is 10.3. The fourth-order valence-corrected chi connectivity index (χ4v) is 1.46. The summed E-state index contributed by atoms with van der Waals surface area (Å²) in [6.45, 7) is 0.556. The summed E-state index contributed by atoms with van der Waals surface area (Å²) in [7, 11) is 0. The van der Waals surface area contributed by atoms with Crippen LogP contribution in [-0.4, -0.2) is 41.3 Å². The number of hydrogen-bond donors (Lipinski definition) is 5. The Kier molecular flexibility index (Phi) is 5.62. The molecule has 1 aromatic carbocycles. The van der Waals surface area contributed by atoms with E-state index < -0.39 is 18.0 Å². The van der Waals surface area contributed by atoms with E-state index in [1.165, 1.54) is 12.1 Å². The minimum Gasteiger partial charge on any atom is -0.508 e. The average molecular weight is 267 g/mol. The fourth-order valence-electron chi connectivity index (χ4n) is 1.46. The number of amides is 2. The van der Waals surface area contributed by atoms with Gasteiger partial charge in [-0.2, -0.15) is 0 Å². The summed E-state index contributed by atoms with van der Waals surface area (Å²) in [5, 5.41) is 23.0. The van der Waals surface area contributed by atoms with E-state index >= 15 is 0 Å². The maximum absolute atomic E-state index is 11.4. The van der Waals surface area contributed by atoms with Crippen LogP contribution in [0.1, 0.15) is 5.56 Å². The molecular formula is C12H17N3O4. The van der Waals surface area contributed by atoms with Gasteiger partial charge in [-0.15, -0.1) is 0 Å². The van der Waals surface area contributed by atoms with Crippen LogP contribution in [0.3, 0.4) is 0 Å². The highest BCUT2D eigenvalue weighted by molar-refractivity contribution is 5.82. The van der Waals surface area contributed by atoms with Gasteiger partial charge in [-0.3, -0.25) is 0 Å². The van der Waals surface area contributed by atoms with Crippen molar-refractivity contribution in [1.29, 1.82) is 0 Å². The van der Waals surface area contributed by atoms with Gasteiger partial charge in [0.25, 0.3) is 0 Å². The Morgan fingerprint density at radius 1 is 1.26 bits per heavy atom. The Bertz CT molecular complexity index is 433. The molecule has 104 valence electrons. The van der Waals surface area contributed by atoms with Crippen molar-refractivity contribution in [3.63, 3.8) is 0 Å². The van der Waals surface area contributed by atoms with Gasteiger partial charge >= 0.3 is 12.0 Å². The maximum atomic E-state index is 11.4. The molecule has 0 unspecified atom stereocenters. The summed E-state index contributed by atoms with van der Waals surface area (Å²) in [6, 6.07) is 4.51. The fraction of sp³-hybridized carbons (Fsp3) is 0.333. The zero-order valence-electron chi connectivity index (χ0n) is 10.3. The number of carboxylic acid groups (broad SMARTS) is 1. The normalized spacial score (nSPS) is 11.6. The standard InChI is InChI=1S/C12H17N3O4/c13-5-6-14-12(19)15-10(11(17)18)7-8-1-3-9(16)4-2-8/h1-4,10,16H,5-7,13H2,(H,17,18)(H2,14,15,19)/t10-/m1/s1. The summed E-state index contributed by atoms with van der Waals surface area (Å²) in [4.78, 5) is 22.4. The van der Waals surface area contributed by atoms with Crippen LogP contribution < -0.4 is 16.4 Å². The van der Waals surface area contributed by atoms with E-state index in [9.17, 15) is 9.59 Å². The molecule has 7 heteroatoms. The van der Waals surface area contributed by atoms with Crippen LogP contribution >= 0.6 is 0 Å². The molecule has 0 aliphatic carbocycles. The van der Waals surface area contributed by atoms with Crippen LogP contribution in [0.5, 0.6) is 5.75 Å². The first-order valence-electron chi connectivity index (χ1n) is 5.78. The molecule has 0 saturated heterocycles. The van der Waals surface area contributed by atoms with Crippen LogP contribution in [-0.2, 0) is 11.2 Å². The number of phenols is 1. The van der Waals surface area contributed by atoms with Gasteiger partial charge in [-0.25, -0.2) is 9.59 Å². The molecule has 2 amide bonds. The van der Waals surface area contributed by atoms with E-state index in [1.807, 2.05) is 0 Å². The van der Waals surface area contributed by atoms with Gasteiger partial charge in [0.1, 0.15) is 11.8 Å². The summed E-state index contributed by atoms with van der Waals surface area (Å²) in [5.41, 5.74) is 5.92. The SMILES string of the molecule is NCCNC(=O)N[C@H](Cc1ccc(O)cc1)C(=O)O. The molecule has 0 bridgehead atoms. The highest BCUT2D eigenvalue weighted by Gasteiger charge is 2.20. The lowest BCUT2D eigenvalue weighted by molar-refractivity contribution is -0.139. The van der Waals surface area contributed by atoms with E-state index in [2.05, 4.69) is 10.6 Å². The van der Waals surface area contributed by atoms with E-state index in [4.69, 9.17) is 15.9 Å². The van der Waals surface area contributed by atoms with Crippen molar-refractivity contribution >= 4 is 12.0 Å². The molecule has 0 heterocycles. The molecule has 7 nitrogen and oxygen atoms in total. The Labute approximate surface area is 110 Å². The Morgan fingerprint density at radius 3 is 2.42 bits per heavy atom. The van der Waals surface area contributed by atoms with E-state index in [-0.39, 0.29) is 25.3 Å². The van der Waals surface area contributed by atoms with Gasteiger partial charge in [-0.1, -0.05) is 12.1 Å².